The van der Waals surface area contributed by atoms with Crippen LogP contribution in [-0.4, -0.2) is 38.4 Å². The molecule has 1 saturated carbocycles. The fraction of sp³-hybridized carbons (Fsp3) is 0.429. The van der Waals surface area contributed by atoms with Crippen LogP contribution in [0.3, 0.4) is 0 Å². The minimum Gasteiger partial charge on any atom is -0.353 e. The van der Waals surface area contributed by atoms with E-state index in [2.05, 4.69) is 27.4 Å². The van der Waals surface area contributed by atoms with Crippen LogP contribution in [0.5, 0.6) is 0 Å². The van der Waals surface area contributed by atoms with Crippen LogP contribution in [0.2, 0.25) is 0 Å². The summed E-state index contributed by atoms with van der Waals surface area (Å²) >= 11 is 1.35. The third-order valence-corrected chi connectivity index (χ3v) is 5.82. The summed E-state index contributed by atoms with van der Waals surface area (Å²) in [5, 5.41) is 15.0. The first-order valence-electron chi connectivity index (χ1n) is 9.95. The fourth-order valence-corrected chi connectivity index (χ4v) is 4.14. The topological polar surface area (TPSA) is 88.9 Å². The summed E-state index contributed by atoms with van der Waals surface area (Å²) in [6.45, 7) is 4.54. The molecule has 0 bridgehead atoms. The van der Waals surface area contributed by atoms with Crippen molar-refractivity contribution in [2.24, 2.45) is 0 Å². The van der Waals surface area contributed by atoms with Gasteiger partial charge in [-0.3, -0.25) is 9.59 Å². The lowest BCUT2D eigenvalue weighted by Gasteiger charge is -2.22. The monoisotopic (exact) mass is 413 g/mol. The van der Waals surface area contributed by atoms with Crippen LogP contribution in [0.25, 0.3) is 0 Å². The molecular weight excluding hydrogens is 386 g/mol. The van der Waals surface area contributed by atoms with E-state index < -0.39 is 0 Å². The Morgan fingerprint density at radius 3 is 2.66 bits per heavy atom. The second-order valence-electron chi connectivity index (χ2n) is 7.04. The molecule has 2 N–H and O–H groups in total. The molecule has 8 heteroatoms. The van der Waals surface area contributed by atoms with Gasteiger partial charge in [-0.15, -0.1) is 16.8 Å². The van der Waals surface area contributed by atoms with Crippen molar-refractivity contribution in [3.05, 3.63) is 54.4 Å². The predicted octanol–water partition coefficient (Wildman–Crippen LogP) is 2.94. The van der Waals surface area contributed by atoms with Gasteiger partial charge >= 0.3 is 0 Å². The molecule has 1 aliphatic rings. The standard InChI is InChI=1S/C21H27N5O2S/c1-2-13-26-18(14-22-20(28)16-9-5-3-6-10-16)24-25-21(26)29-15-19(27)23-17-11-7-4-8-12-17/h2-3,5-6,9-10,17H,1,4,7-8,11-15H2,(H,22,28)(H,23,27). The SMILES string of the molecule is C=CCn1c(CNC(=O)c2ccccc2)nnc1SCC(=O)NC1CCCCC1. The zero-order chi connectivity index (χ0) is 20.5. The van der Waals surface area contributed by atoms with E-state index in [1.165, 1.54) is 31.0 Å². The van der Waals surface area contributed by atoms with E-state index in [0.29, 0.717) is 34.9 Å². The van der Waals surface area contributed by atoms with Gasteiger partial charge in [0.05, 0.1) is 12.3 Å². The molecule has 0 aliphatic heterocycles. The average Bonchev–Trinajstić information content (AvgIpc) is 3.14. The molecule has 3 rings (SSSR count). The summed E-state index contributed by atoms with van der Waals surface area (Å²) in [4.78, 5) is 24.5. The summed E-state index contributed by atoms with van der Waals surface area (Å²) in [6, 6.07) is 9.33. The van der Waals surface area contributed by atoms with Crippen LogP contribution < -0.4 is 10.6 Å². The van der Waals surface area contributed by atoms with Crippen LogP contribution in [0.15, 0.2) is 48.1 Å². The first-order valence-corrected chi connectivity index (χ1v) is 10.9. The second-order valence-corrected chi connectivity index (χ2v) is 7.98. The molecule has 0 spiro atoms. The van der Waals surface area contributed by atoms with Gasteiger partial charge in [0.15, 0.2) is 11.0 Å². The Labute approximate surface area is 175 Å². The maximum Gasteiger partial charge on any atom is 0.251 e. The van der Waals surface area contributed by atoms with E-state index in [0.717, 1.165) is 12.8 Å². The Balaban J connectivity index is 1.55. The number of nitrogens with one attached hydrogen (secondary N) is 2. The molecule has 2 aromatic rings. The highest BCUT2D eigenvalue weighted by Crippen LogP contribution is 2.19. The molecule has 1 heterocycles. The average molecular weight is 414 g/mol. The van der Waals surface area contributed by atoms with Gasteiger partial charge in [-0.2, -0.15) is 0 Å². The van der Waals surface area contributed by atoms with Gasteiger partial charge in [0, 0.05) is 18.2 Å². The zero-order valence-corrected chi connectivity index (χ0v) is 17.3. The molecule has 0 atom stereocenters. The van der Waals surface area contributed by atoms with Gasteiger partial charge in [-0.25, -0.2) is 0 Å². The summed E-state index contributed by atoms with van der Waals surface area (Å²) in [5.41, 5.74) is 0.594. The van der Waals surface area contributed by atoms with Crippen molar-refractivity contribution in [3.8, 4) is 0 Å². The molecule has 1 fully saturated rings. The Bertz CT molecular complexity index is 831. The quantitative estimate of drug-likeness (QED) is 0.487. The van der Waals surface area contributed by atoms with Gasteiger partial charge in [-0.05, 0) is 25.0 Å². The maximum absolute atomic E-state index is 12.3. The molecule has 154 valence electrons. The number of benzene rings is 1. The number of carbonyl (C=O) groups is 2. The van der Waals surface area contributed by atoms with Gasteiger partial charge < -0.3 is 15.2 Å². The Morgan fingerprint density at radius 2 is 1.93 bits per heavy atom. The highest BCUT2D eigenvalue weighted by Gasteiger charge is 2.18. The fourth-order valence-electron chi connectivity index (χ4n) is 3.37. The van der Waals surface area contributed by atoms with Crippen LogP contribution in [-0.2, 0) is 17.9 Å². The summed E-state index contributed by atoms with van der Waals surface area (Å²) in [6.07, 6.45) is 7.50. The van der Waals surface area contributed by atoms with Gasteiger partial charge in [0.25, 0.3) is 5.91 Å². The first-order chi connectivity index (χ1) is 14.2. The number of allylic oxidation sites excluding steroid dienone is 1. The lowest BCUT2D eigenvalue weighted by atomic mass is 9.95. The van der Waals surface area contributed by atoms with Crippen LogP contribution in [0.4, 0.5) is 0 Å². The minimum atomic E-state index is -0.167. The molecular formula is C21H27N5O2S. The normalized spacial score (nSPS) is 14.3. The second kappa shape index (κ2) is 10.8. The molecule has 0 saturated heterocycles. The van der Waals surface area contributed by atoms with Crippen molar-refractivity contribution in [1.29, 1.82) is 0 Å². The molecule has 29 heavy (non-hydrogen) atoms. The Hall–Kier alpha value is -2.61. The molecule has 0 radical (unpaired) electrons. The molecule has 1 aliphatic carbocycles. The number of amides is 2. The highest BCUT2D eigenvalue weighted by molar-refractivity contribution is 7.99. The number of nitrogens with zero attached hydrogens (tertiary/aromatic N) is 3. The minimum absolute atomic E-state index is 0.0222. The number of rotatable bonds is 9. The third-order valence-electron chi connectivity index (χ3n) is 4.85. The highest BCUT2D eigenvalue weighted by atomic mass is 32.2. The summed E-state index contributed by atoms with van der Waals surface area (Å²) in [7, 11) is 0. The Kier molecular flexibility index (Phi) is 7.86. The number of carbonyl (C=O) groups excluding carboxylic acids is 2. The van der Waals surface area contributed by atoms with Crippen molar-refractivity contribution in [3.63, 3.8) is 0 Å². The summed E-state index contributed by atoms with van der Waals surface area (Å²) < 4.78 is 1.87. The van der Waals surface area contributed by atoms with Crippen molar-refractivity contribution in [2.45, 2.75) is 56.4 Å². The van der Waals surface area contributed by atoms with Crippen molar-refractivity contribution >= 4 is 23.6 Å². The number of aromatic nitrogens is 3. The van der Waals surface area contributed by atoms with Crippen LogP contribution in [0, 0.1) is 0 Å². The number of hydrogen-bond acceptors (Lipinski definition) is 5. The van der Waals surface area contributed by atoms with Crippen molar-refractivity contribution < 1.29 is 9.59 Å². The van der Waals surface area contributed by atoms with E-state index in [9.17, 15) is 9.59 Å². The number of hydrogen-bond donors (Lipinski definition) is 2. The zero-order valence-electron chi connectivity index (χ0n) is 16.5. The van der Waals surface area contributed by atoms with Crippen LogP contribution >= 0.6 is 11.8 Å². The maximum atomic E-state index is 12.3. The van der Waals surface area contributed by atoms with E-state index in [4.69, 9.17) is 0 Å². The number of thioether (sulfide) groups is 1. The Morgan fingerprint density at radius 1 is 1.17 bits per heavy atom. The largest absolute Gasteiger partial charge is 0.353 e. The molecule has 1 aromatic heterocycles. The lowest BCUT2D eigenvalue weighted by molar-refractivity contribution is -0.119. The lowest BCUT2D eigenvalue weighted by Crippen LogP contribution is -2.37. The molecule has 1 aromatic carbocycles. The predicted molar refractivity (Wildman–Crippen MR) is 114 cm³/mol. The molecule has 7 nitrogen and oxygen atoms in total. The third kappa shape index (κ3) is 6.19. The smallest absolute Gasteiger partial charge is 0.251 e. The van der Waals surface area contributed by atoms with E-state index >= 15 is 0 Å². The summed E-state index contributed by atoms with van der Waals surface area (Å²) in [5.74, 6) is 0.778. The van der Waals surface area contributed by atoms with E-state index in [1.807, 2.05) is 22.8 Å². The van der Waals surface area contributed by atoms with Crippen LogP contribution in [0.1, 0.15) is 48.3 Å². The van der Waals surface area contributed by atoms with Crippen molar-refractivity contribution in [2.75, 3.05) is 5.75 Å². The van der Waals surface area contributed by atoms with Crippen molar-refractivity contribution in [1.82, 2.24) is 25.4 Å². The van der Waals surface area contributed by atoms with Gasteiger partial charge in [-0.1, -0.05) is 55.3 Å². The van der Waals surface area contributed by atoms with Gasteiger partial charge in [0.2, 0.25) is 5.91 Å². The van der Waals surface area contributed by atoms with E-state index in [1.54, 1.807) is 18.2 Å². The van der Waals surface area contributed by atoms with Gasteiger partial charge in [0.1, 0.15) is 0 Å². The first kappa shape index (κ1) is 21.1. The molecule has 2 amide bonds. The van der Waals surface area contributed by atoms with E-state index in [-0.39, 0.29) is 18.4 Å². The molecule has 0 unspecified atom stereocenters.